The third kappa shape index (κ3) is 1.64. The van der Waals surface area contributed by atoms with E-state index < -0.39 is 0 Å². The molecule has 0 heterocycles. The summed E-state index contributed by atoms with van der Waals surface area (Å²) in [7, 11) is 0. The van der Waals surface area contributed by atoms with Gasteiger partial charge in [0.1, 0.15) is 0 Å². The lowest BCUT2D eigenvalue weighted by molar-refractivity contribution is 0.103. The lowest BCUT2D eigenvalue weighted by Gasteiger charge is -2.43. The van der Waals surface area contributed by atoms with E-state index in [-0.39, 0.29) is 0 Å². The Morgan fingerprint density at radius 2 is 2.07 bits per heavy atom. The van der Waals surface area contributed by atoms with E-state index in [0.717, 1.165) is 5.92 Å². The summed E-state index contributed by atoms with van der Waals surface area (Å²) < 4.78 is 0. The van der Waals surface area contributed by atoms with Crippen molar-refractivity contribution in [1.29, 1.82) is 0 Å². The van der Waals surface area contributed by atoms with Crippen LogP contribution >= 0.6 is 12.2 Å². The van der Waals surface area contributed by atoms with E-state index in [9.17, 15) is 0 Å². The molecule has 2 saturated carbocycles. The van der Waals surface area contributed by atoms with E-state index in [0.29, 0.717) is 22.0 Å². The van der Waals surface area contributed by atoms with E-state index in [1.165, 1.54) is 19.3 Å². The topological polar surface area (TPSA) is 50.1 Å². The number of nitrogens with two attached hydrogens (primary N) is 1. The zero-order valence-corrected chi connectivity index (χ0v) is 10.6. The number of rotatable bonds is 2. The number of hydrogen-bond donors (Lipinski definition) is 3. The molecule has 3 atom stereocenters. The Kier molecular flexibility index (Phi) is 2.47. The molecule has 0 radical (unpaired) electrons. The van der Waals surface area contributed by atoms with Gasteiger partial charge in [0.15, 0.2) is 5.11 Å². The van der Waals surface area contributed by atoms with Crippen LogP contribution in [0, 0.1) is 16.7 Å². The van der Waals surface area contributed by atoms with Crippen molar-refractivity contribution in [2.24, 2.45) is 22.5 Å². The molecule has 0 amide bonds. The second kappa shape index (κ2) is 3.32. The van der Waals surface area contributed by atoms with Crippen molar-refractivity contribution in [3.05, 3.63) is 0 Å². The number of thiocarbonyl (C=S) groups is 1. The monoisotopic (exact) mass is 227 g/mol. The zero-order valence-electron chi connectivity index (χ0n) is 9.76. The molecule has 2 rings (SSSR count). The van der Waals surface area contributed by atoms with Gasteiger partial charge < -0.3 is 5.73 Å². The number of fused-ring (bicyclic) bond motifs is 2. The van der Waals surface area contributed by atoms with Gasteiger partial charge >= 0.3 is 0 Å². The third-order valence-corrected chi connectivity index (χ3v) is 4.71. The molecule has 2 fully saturated rings. The highest BCUT2D eigenvalue weighted by molar-refractivity contribution is 7.80. The first-order chi connectivity index (χ1) is 6.86. The Morgan fingerprint density at radius 3 is 2.53 bits per heavy atom. The highest BCUT2D eigenvalue weighted by Gasteiger charge is 2.59. The van der Waals surface area contributed by atoms with Gasteiger partial charge in [0, 0.05) is 6.04 Å². The zero-order chi connectivity index (χ0) is 11.3. The molecule has 2 bridgehead atoms. The van der Waals surface area contributed by atoms with Gasteiger partial charge in [0.05, 0.1) is 0 Å². The van der Waals surface area contributed by atoms with E-state index in [2.05, 4.69) is 31.6 Å². The van der Waals surface area contributed by atoms with Crippen molar-refractivity contribution in [1.82, 2.24) is 10.9 Å². The van der Waals surface area contributed by atoms with Crippen LogP contribution in [0.4, 0.5) is 0 Å². The van der Waals surface area contributed by atoms with E-state index in [4.69, 9.17) is 18.0 Å². The maximum atomic E-state index is 5.46. The van der Waals surface area contributed by atoms with Crippen LogP contribution in [0.15, 0.2) is 0 Å². The van der Waals surface area contributed by atoms with Crippen LogP contribution in [0.25, 0.3) is 0 Å². The van der Waals surface area contributed by atoms with Crippen LogP contribution in [0.1, 0.15) is 40.0 Å². The van der Waals surface area contributed by atoms with E-state index in [1.807, 2.05) is 0 Å². The minimum absolute atomic E-state index is 0.331. The van der Waals surface area contributed by atoms with Gasteiger partial charge in [-0.25, -0.2) is 5.43 Å². The summed E-state index contributed by atoms with van der Waals surface area (Å²) in [6, 6.07) is 0.463. The molecule has 86 valence electrons. The van der Waals surface area contributed by atoms with Crippen LogP contribution in [0.3, 0.4) is 0 Å². The molecule has 0 aromatic heterocycles. The van der Waals surface area contributed by atoms with Crippen LogP contribution in [0.2, 0.25) is 0 Å². The van der Waals surface area contributed by atoms with Crippen molar-refractivity contribution >= 4 is 17.3 Å². The third-order valence-electron chi connectivity index (χ3n) is 4.61. The van der Waals surface area contributed by atoms with Crippen molar-refractivity contribution < 1.29 is 0 Å². The molecule has 0 aromatic rings. The summed E-state index contributed by atoms with van der Waals surface area (Å²) in [5.41, 5.74) is 12.4. The van der Waals surface area contributed by atoms with E-state index >= 15 is 0 Å². The SMILES string of the molecule is CC12CCC(C1)C(C)(C)C2NNC(N)=S. The summed E-state index contributed by atoms with van der Waals surface area (Å²) in [6.45, 7) is 7.07. The Balaban J connectivity index is 2.12. The van der Waals surface area contributed by atoms with Crippen LogP contribution < -0.4 is 16.6 Å². The molecule has 0 aromatic carbocycles. The minimum Gasteiger partial charge on any atom is -0.375 e. The first-order valence-electron chi connectivity index (χ1n) is 5.67. The average molecular weight is 227 g/mol. The quantitative estimate of drug-likeness (QED) is 0.495. The van der Waals surface area contributed by atoms with Gasteiger partial charge in [-0.15, -0.1) is 0 Å². The Morgan fingerprint density at radius 1 is 1.40 bits per heavy atom. The normalized spacial score (nSPS) is 41.8. The molecule has 15 heavy (non-hydrogen) atoms. The maximum Gasteiger partial charge on any atom is 0.178 e. The molecular formula is C11H21N3S. The fourth-order valence-electron chi connectivity index (χ4n) is 3.81. The fourth-order valence-corrected chi connectivity index (χ4v) is 3.86. The smallest absolute Gasteiger partial charge is 0.178 e. The molecule has 2 aliphatic rings. The lowest BCUT2D eigenvalue weighted by atomic mass is 9.69. The van der Waals surface area contributed by atoms with E-state index in [1.54, 1.807) is 0 Å². The molecule has 2 aliphatic carbocycles. The molecule has 0 saturated heterocycles. The Labute approximate surface area is 97.1 Å². The Bertz CT molecular complexity index is 285. The van der Waals surface area contributed by atoms with Crippen LogP contribution in [-0.2, 0) is 0 Å². The summed E-state index contributed by atoms with van der Waals surface area (Å²) >= 11 is 4.83. The maximum absolute atomic E-state index is 5.46. The highest BCUT2D eigenvalue weighted by Crippen LogP contribution is 2.62. The fraction of sp³-hybridized carbons (Fsp3) is 0.909. The molecule has 0 spiro atoms. The molecule has 3 nitrogen and oxygen atoms in total. The molecule has 4 heteroatoms. The predicted molar refractivity (Wildman–Crippen MR) is 66.1 cm³/mol. The minimum atomic E-state index is 0.331. The predicted octanol–water partition coefficient (Wildman–Crippen LogP) is 1.54. The second-order valence-corrected chi connectivity index (χ2v) is 6.42. The van der Waals surface area contributed by atoms with Crippen molar-refractivity contribution in [3.63, 3.8) is 0 Å². The standard InChI is InChI=1S/C11H21N3S/c1-10(2)7-4-5-11(3,6-7)8(10)13-14-9(12)15/h7-8,13H,4-6H2,1-3H3,(H3,12,14,15). The second-order valence-electron chi connectivity index (χ2n) is 5.98. The molecule has 3 unspecified atom stereocenters. The van der Waals surface area contributed by atoms with Crippen molar-refractivity contribution in [2.75, 3.05) is 0 Å². The first kappa shape index (κ1) is 11.1. The molecule has 4 N–H and O–H groups in total. The van der Waals surface area contributed by atoms with Gasteiger partial charge in [0.2, 0.25) is 0 Å². The van der Waals surface area contributed by atoms with Gasteiger partial charge in [-0.3, -0.25) is 5.43 Å². The van der Waals surface area contributed by atoms with Gasteiger partial charge in [-0.1, -0.05) is 20.8 Å². The largest absolute Gasteiger partial charge is 0.375 e. The summed E-state index contributed by atoms with van der Waals surface area (Å²) in [5.74, 6) is 0.841. The Hall–Kier alpha value is -0.350. The lowest BCUT2D eigenvalue weighted by Crippen LogP contribution is -2.57. The van der Waals surface area contributed by atoms with Gasteiger partial charge in [-0.05, 0) is 48.2 Å². The number of nitrogens with one attached hydrogen (secondary N) is 2. The van der Waals surface area contributed by atoms with Crippen LogP contribution in [-0.4, -0.2) is 11.2 Å². The number of hydrazine groups is 1. The van der Waals surface area contributed by atoms with Crippen molar-refractivity contribution in [3.8, 4) is 0 Å². The summed E-state index contributed by atoms with van der Waals surface area (Å²) in [5, 5.41) is 0.331. The van der Waals surface area contributed by atoms with Crippen molar-refractivity contribution in [2.45, 2.75) is 46.1 Å². The van der Waals surface area contributed by atoms with Gasteiger partial charge in [0.25, 0.3) is 0 Å². The first-order valence-corrected chi connectivity index (χ1v) is 6.08. The van der Waals surface area contributed by atoms with Gasteiger partial charge in [-0.2, -0.15) is 0 Å². The highest BCUT2D eigenvalue weighted by atomic mass is 32.1. The average Bonchev–Trinajstić information content (AvgIpc) is 2.54. The summed E-state index contributed by atoms with van der Waals surface area (Å²) in [4.78, 5) is 0. The summed E-state index contributed by atoms with van der Waals surface area (Å²) in [6.07, 6.45) is 4.02. The number of hydrogen-bond acceptors (Lipinski definition) is 2. The van der Waals surface area contributed by atoms with Crippen LogP contribution in [0.5, 0.6) is 0 Å². The molecular weight excluding hydrogens is 206 g/mol. The molecule has 0 aliphatic heterocycles.